The molecule has 2 N–H and O–H groups in total. The summed E-state index contributed by atoms with van der Waals surface area (Å²) in [6.07, 6.45) is 1.94. The van der Waals surface area contributed by atoms with Crippen LogP contribution < -0.4 is 10.5 Å². The fraction of sp³-hybridized carbons (Fsp3) is 0.385. The van der Waals surface area contributed by atoms with Crippen LogP contribution >= 0.6 is 0 Å². The van der Waals surface area contributed by atoms with E-state index in [1.165, 1.54) is 11.6 Å². The van der Waals surface area contributed by atoms with E-state index in [0.717, 1.165) is 0 Å². The van der Waals surface area contributed by atoms with Crippen molar-refractivity contribution in [1.82, 2.24) is 0 Å². The Morgan fingerprint density at radius 2 is 2.19 bits per heavy atom. The highest BCUT2D eigenvalue weighted by Gasteiger charge is 2.07. The summed E-state index contributed by atoms with van der Waals surface area (Å²) in [5.41, 5.74) is 7.30. The maximum absolute atomic E-state index is 13.5. The van der Waals surface area contributed by atoms with Crippen LogP contribution in [0.25, 0.3) is 0 Å². The predicted molar refractivity (Wildman–Crippen MR) is 63.9 cm³/mol. The van der Waals surface area contributed by atoms with Crippen LogP contribution in [0.3, 0.4) is 0 Å². The molecule has 1 aromatic rings. The summed E-state index contributed by atoms with van der Waals surface area (Å²) in [6, 6.07) is 4.47. The van der Waals surface area contributed by atoms with Gasteiger partial charge in [0.2, 0.25) is 0 Å². The molecule has 0 spiro atoms. The van der Waals surface area contributed by atoms with Crippen molar-refractivity contribution in [2.24, 2.45) is 5.73 Å². The molecule has 0 radical (unpaired) electrons. The van der Waals surface area contributed by atoms with Crippen molar-refractivity contribution in [3.8, 4) is 5.75 Å². The van der Waals surface area contributed by atoms with Crippen LogP contribution in [0.5, 0.6) is 5.75 Å². The summed E-state index contributed by atoms with van der Waals surface area (Å²) in [7, 11) is 0. The van der Waals surface area contributed by atoms with Gasteiger partial charge in [-0.1, -0.05) is 11.6 Å². The normalized spacial score (nSPS) is 12.1. The first-order chi connectivity index (χ1) is 7.50. The molecular weight excluding hydrogens is 205 g/mol. The molecule has 16 heavy (non-hydrogen) atoms. The van der Waals surface area contributed by atoms with Gasteiger partial charge >= 0.3 is 0 Å². The second-order valence-corrected chi connectivity index (χ2v) is 4.06. The average Bonchev–Trinajstić information content (AvgIpc) is 2.16. The third-order valence-corrected chi connectivity index (χ3v) is 2.20. The van der Waals surface area contributed by atoms with Crippen molar-refractivity contribution < 1.29 is 9.13 Å². The number of halogens is 1. The highest BCUT2D eigenvalue weighted by molar-refractivity contribution is 5.30. The monoisotopic (exact) mass is 223 g/mol. The largest absolute Gasteiger partial charge is 0.489 e. The van der Waals surface area contributed by atoms with Crippen molar-refractivity contribution >= 4 is 0 Å². The number of allylic oxidation sites excluding steroid dienone is 1. The van der Waals surface area contributed by atoms with Crippen molar-refractivity contribution in [1.29, 1.82) is 0 Å². The fourth-order valence-electron chi connectivity index (χ4n) is 1.27. The van der Waals surface area contributed by atoms with Gasteiger partial charge in [0.15, 0.2) is 0 Å². The summed E-state index contributed by atoms with van der Waals surface area (Å²) in [5, 5.41) is 0. The summed E-state index contributed by atoms with van der Waals surface area (Å²) < 4.78 is 18.9. The maximum Gasteiger partial charge on any atom is 0.131 e. The molecule has 0 fully saturated rings. The number of hydrogen-bond acceptors (Lipinski definition) is 2. The zero-order chi connectivity index (χ0) is 12.1. The molecule has 1 aromatic carbocycles. The summed E-state index contributed by atoms with van der Waals surface area (Å²) in [5.74, 6) is 0.212. The van der Waals surface area contributed by atoms with Gasteiger partial charge < -0.3 is 10.5 Å². The third kappa shape index (κ3) is 3.66. The van der Waals surface area contributed by atoms with E-state index in [4.69, 9.17) is 10.5 Å². The molecule has 0 aromatic heterocycles. The lowest BCUT2D eigenvalue weighted by atomic mass is 10.1. The van der Waals surface area contributed by atoms with E-state index < -0.39 is 0 Å². The van der Waals surface area contributed by atoms with E-state index in [2.05, 4.69) is 0 Å². The van der Waals surface area contributed by atoms with Crippen LogP contribution in [0.15, 0.2) is 29.8 Å². The van der Waals surface area contributed by atoms with Gasteiger partial charge in [-0.25, -0.2) is 4.39 Å². The summed E-state index contributed by atoms with van der Waals surface area (Å²) in [6.45, 7) is 6.19. The first kappa shape index (κ1) is 12.7. The minimum Gasteiger partial charge on any atom is -0.489 e. The molecule has 0 aliphatic heterocycles. The van der Waals surface area contributed by atoms with E-state index in [0.29, 0.717) is 17.9 Å². The van der Waals surface area contributed by atoms with Gasteiger partial charge in [0.05, 0.1) is 0 Å². The first-order valence-corrected chi connectivity index (χ1v) is 5.32. The summed E-state index contributed by atoms with van der Waals surface area (Å²) >= 11 is 0. The Kier molecular flexibility index (Phi) is 4.50. The Labute approximate surface area is 95.9 Å². The van der Waals surface area contributed by atoms with Gasteiger partial charge in [-0.3, -0.25) is 0 Å². The van der Waals surface area contributed by atoms with Crippen LogP contribution in [-0.2, 0) is 0 Å². The second kappa shape index (κ2) is 5.66. The standard InChI is InChI=1S/C13H18FNO/c1-9(2)6-7-16-11-4-5-12(10(3)15)13(14)8-11/h4-6,8,10H,7,15H2,1-3H3/t10-/m0/s1. The van der Waals surface area contributed by atoms with E-state index in [9.17, 15) is 4.39 Å². The van der Waals surface area contributed by atoms with E-state index in [1.807, 2.05) is 19.9 Å². The Bertz CT molecular complexity index is 382. The molecule has 0 heterocycles. The maximum atomic E-state index is 13.5. The molecule has 0 saturated carbocycles. The van der Waals surface area contributed by atoms with Crippen molar-refractivity contribution in [2.75, 3.05) is 6.61 Å². The van der Waals surface area contributed by atoms with E-state index in [-0.39, 0.29) is 11.9 Å². The van der Waals surface area contributed by atoms with Gasteiger partial charge in [-0.05, 0) is 32.9 Å². The number of benzene rings is 1. The molecule has 1 rings (SSSR count). The van der Waals surface area contributed by atoms with Crippen LogP contribution in [0.2, 0.25) is 0 Å². The minimum atomic E-state index is -0.315. The lowest BCUT2D eigenvalue weighted by molar-refractivity contribution is 0.359. The van der Waals surface area contributed by atoms with E-state index in [1.54, 1.807) is 19.1 Å². The van der Waals surface area contributed by atoms with Crippen LogP contribution in [0, 0.1) is 5.82 Å². The SMILES string of the molecule is CC(C)=CCOc1ccc([C@H](C)N)c(F)c1. The van der Waals surface area contributed by atoms with Crippen molar-refractivity contribution in [3.63, 3.8) is 0 Å². The summed E-state index contributed by atoms with van der Waals surface area (Å²) in [4.78, 5) is 0. The molecule has 0 unspecified atom stereocenters. The van der Waals surface area contributed by atoms with Gasteiger partial charge in [-0.15, -0.1) is 0 Å². The molecule has 3 heteroatoms. The lowest BCUT2D eigenvalue weighted by Gasteiger charge is -2.09. The van der Waals surface area contributed by atoms with Gasteiger partial charge in [-0.2, -0.15) is 0 Å². The number of ether oxygens (including phenoxy) is 1. The third-order valence-electron chi connectivity index (χ3n) is 2.20. The highest BCUT2D eigenvalue weighted by Crippen LogP contribution is 2.20. The smallest absolute Gasteiger partial charge is 0.131 e. The molecule has 0 amide bonds. The Morgan fingerprint density at radius 1 is 1.50 bits per heavy atom. The second-order valence-electron chi connectivity index (χ2n) is 4.06. The predicted octanol–water partition coefficient (Wildman–Crippen LogP) is 3.19. The van der Waals surface area contributed by atoms with Gasteiger partial charge in [0.1, 0.15) is 18.2 Å². The Hall–Kier alpha value is -1.35. The zero-order valence-electron chi connectivity index (χ0n) is 9.96. The molecule has 0 aliphatic rings. The average molecular weight is 223 g/mol. The molecule has 1 atom stereocenters. The molecule has 88 valence electrons. The van der Waals surface area contributed by atoms with Crippen LogP contribution in [0.4, 0.5) is 4.39 Å². The van der Waals surface area contributed by atoms with Crippen LogP contribution in [-0.4, -0.2) is 6.61 Å². The Balaban J connectivity index is 2.70. The zero-order valence-corrected chi connectivity index (χ0v) is 9.96. The van der Waals surface area contributed by atoms with Gasteiger partial charge in [0, 0.05) is 17.7 Å². The van der Waals surface area contributed by atoms with Crippen molar-refractivity contribution in [2.45, 2.75) is 26.8 Å². The minimum absolute atomic E-state index is 0.299. The van der Waals surface area contributed by atoms with Gasteiger partial charge in [0.25, 0.3) is 0 Å². The molecular formula is C13H18FNO. The number of nitrogens with two attached hydrogens (primary N) is 1. The van der Waals surface area contributed by atoms with E-state index >= 15 is 0 Å². The number of hydrogen-bond donors (Lipinski definition) is 1. The fourth-order valence-corrected chi connectivity index (χ4v) is 1.27. The quantitative estimate of drug-likeness (QED) is 0.795. The molecule has 0 aliphatic carbocycles. The number of rotatable bonds is 4. The topological polar surface area (TPSA) is 35.2 Å². The van der Waals surface area contributed by atoms with Crippen LogP contribution in [0.1, 0.15) is 32.4 Å². The molecule has 0 saturated heterocycles. The molecule has 0 bridgehead atoms. The highest BCUT2D eigenvalue weighted by atomic mass is 19.1. The first-order valence-electron chi connectivity index (χ1n) is 5.32. The lowest BCUT2D eigenvalue weighted by Crippen LogP contribution is -2.07. The molecule has 2 nitrogen and oxygen atoms in total. The Morgan fingerprint density at radius 3 is 2.69 bits per heavy atom. The van der Waals surface area contributed by atoms with Crippen molar-refractivity contribution in [3.05, 3.63) is 41.2 Å².